The van der Waals surface area contributed by atoms with Crippen molar-refractivity contribution in [1.29, 1.82) is 0 Å². The Bertz CT molecular complexity index is 1930. The fraction of sp³-hybridized carbons (Fsp3) is 0.278. The number of likely N-dealkylation sites (N-methyl/N-ethyl adjacent to an activating group) is 1. The van der Waals surface area contributed by atoms with Crippen LogP contribution in [0.15, 0.2) is 101 Å². The summed E-state index contributed by atoms with van der Waals surface area (Å²) in [5.74, 6) is 0.484. The zero-order chi connectivity index (χ0) is 35.7. The van der Waals surface area contributed by atoms with Gasteiger partial charge in [0.15, 0.2) is 0 Å². The fourth-order valence-corrected chi connectivity index (χ4v) is 7.27. The summed E-state index contributed by atoms with van der Waals surface area (Å²) in [5.41, 5.74) is 2.30. The molecule has 0 saturated carbocycles. The molecule has 0 bridgehead atoms. The molecule has 262 valence electrons. The standard InChI is InChI=1S/C36H39N5O7S2/c1-39-19-21-40(22-20-39)35(42)17-9-26-8-15-31(34(24-26)48-2)27-10-12-28(13-11-27)36(43)38-50(46,47)30-14-16-32(33(25-30)41(44)45)37-18-23-49-29-6-4-3-5-7-29/h3-8,10-16,24-25,37H,9,17-23H2,1-2H3,(H,38,43). The monoisotopic (exact) mass is 717 g/mol. The number of amides is 2. The lowest BCUT2D eigenvalue weighted by molar-refractivity contribution is -0.384. The molecule has 1 saturated heterocycles. The number of carbonyl (C=O) groups is 2. The Morgan fingerprint density at radius 2 is 1.66 bits per heavy atom. The second-order valence-electron chi connectivity index (χ2n) is 11.8. The molecular weight excluding hydrogens is 679 g/mol. The molecule has 1 aliphatic rings. The van der Waals surface area contributed by atoms with Gasteiger partial charge in [-0.15, -0.1) is 11.8 Å². The van der Waals surface area contributed by atoms with Crippen molar-refractivity contribution in [3.63, 3.8) is 0 Å². The van der Waals surface area contributed by atoms with Crippen LogP contribution in [0.25, 0.3) is 11.1 Å². The highest BCUT2D eigenvalue weighted by molar-refractivity contribution is 7.99. The molecule has 4 aromatic rings. The topological polar surface area (TPSA) is 151 Å². The number of benzene rings is 4. The van der Waals surface area contributed by atoms with Crippen molar-refractivity contribution < 1.29 is 27.7 Å². The van der Waals surface area contributed by atoms with E-state index in [1.54, 1.807) is 31.0 Å². The number of ether oxygens (including phenoxy) is 1. The first-order valence-electron chi connectivity index (χ1n) is 16.0. The summed E-state index contributed by atoms with van der Waals surface area (Å²) in [7, 11) is -0.818. The quantitative estimate of drug-likeness (QED) is 0.0761. The first-order chi connectivity index (χ1) is 24.0. The normalized spacial score (nSPS) is 13.4. The molecular formula is C36H39N5O7S2. The number of nitro groups is 1. The largest absolute Gasteiger partial charge is 0.496 e. The van der Waals surface area contributed by atoms with Crippen LogP contribution in [-0.4, -0.2) is 87.6 Å². The van der Waals surface area contributed by atoms with Crippen molar-refractivity contribution in [3.8, 4) is 16.9 Å². The first-order valence-corrected chi connectivity index (χ1v) is 18.5. The molecule has 12 nitrogen and oxygen atoms in total. The molecule has 0 unspecified atom stereocenters. The van der Waals surface area contributed by atoms with E-state index in [-0.39, 0.29) is 17.2 Å². The van der Waals surface area contributed by atoms with E-state index in [1.165, 1.54) is 24.3 Å². The third-order valence-electron chi connectivity index (χ3n) is 8.34. The Labute approximate surface area is 296 Å². The first kappa shape index (κ1) is 36.4. The van der Waals surface area contributed by atoms with Crippen molar-refractivity contribution >= 4 is 45.0 Å². The lowest BCUT2D eigenvalue weighted by atomic mass is 9.99. The minimum atomic E-state index is -4.43. The van der Waals surface area contributed by atoms with E-state index in [0.29, 0.717) is 30.9 Å². The number of hydrogen-bond donors (Lipinski definition) is 2. The Balaban J connectivity index is 1.20. The van der Waals surface area contributed by atoms with Gasteiger partial charge in [-0.1, -0.05) is 42.5 Å². The van der Waals surface area contributed by atoms with Crippen LogP contribution in [0.1, 0.15) is 22.3 Å². The minimum Gasteiger partial charge on any atom is -0.496 e. The maximum atomic E-state index is 13.1. The van der Waals surface area contributed by atoms with Gasteiger partial charge in [0.2, 0.25) is 5.91 Å². The van der Waals surface area contributed by atoms with Gasteiger partial charge in [0, 0.05) is 67.0 Å². The second kappa shape index (κ2) is 16.7. The maximum absolute atomic E-state index is 13.1. The van der Waals surface area contributed by atoms with E-state index >= 15 is 0 Å². The zero-order valence-electron chi connectivity index (χ0n) is 27.8. The molecule has 14 heteroatoms. The molecule has 2 amide bonds. The number of hydrogen-bond acceptors (Lipinski definition) is 10. The predicted octanol–water partition coefficient (Wildman–Crippen LogP) is 5.30. The van der Waals surface area contributed by atoms with Gasteiger partial charge < -0.3 is 19.9 Å². The average Bonchev–Trinajstić information content (AvgIpc) is 3.12. The number of aryl methyl sites for hydroxylation is 1. The zero-order valence-corrected chi connectivity index (χ0v) is 29.5. The molecule has 0 aliphatic carbocycles. The number of nitro benzene ring substituents is 1. The lowest BCUT2D eigenvalue weighted by Crippen LogP contribution is -2.47. The molecule has 0 aromatic heterocycles. The van der Waals surface area contributed by atoms with Gasteiger partial charge in [0.05, 0.1) is 16.9 Å². The molecule has 0 spiro atoms. The molecule has 2 N–H and O–H groups in total. The molecule has 1 aliphatic heterocycles. The van der Waals surface area contributed by atoms with Crippen LogP contribution < -0.4 is 14.8 Å². The average molecular weight is 718 g/mol. The smallest absolute Gasteiger partial charge is 0.293 e. The summed E-state index contributed by atoms with van der Waals surface area (Å²) < 4.78 is 33.8. The van der Waals surface area contributed by atoms with Crippen LogP contribution in [-0.2, 0) is 21.2 Å². The fourth-order valence-electron chi connectivity index (χ4n) is 5.49. The highest BCUT2D eigenvalue weighted by atomic mass is 32.2. The summed E-state index contributed by atoms with van der Waals surface area (Å²) in [4.78, 5) is 41.6. The van der Waals surface area contributed by atoms with Crippen molar-refractivity contribution in [3.05, 3.63) is 112 Å². The van der Waals surface area contributed by atoms with Crippen molar-refractivity contribution in [2.75, 3.05) is 58.0 Å². The van der Waals surface area contributed by atoms with Crippen molar-refractivity contribution in [2.24, 2.45) is 0 Å². The highest BCUT2D eigenvalue weighted by Gasteiger charge is 2.24. The molecule has 1 fully saturated rings. The number of methoxy groups -OCH3 is 1. The number of piperazine rings is 1. The van der Waals surface area contributed by atoms with Gasteiger partial charge in [-0.2, -0.15) is 0 Å². The molecule has 1 heterocycles. The van der Waals surface area contributed by atoms with Gasteiger partial charge in [0.25, 0.3) is 21.6 Å². The van der Waals surface area contributed by atoms with Gasteiger partial charge >= 0.3 is 0 Å². The Morgan fingerprint density at radius 1 is 0.940 bits per heavy atom. The van der Waals surface area contributed by atoms with Gasteiger partial charge in [-0.05, 0) is 67.1 Å². The molecule has 0 radical (unpaired) electrons. The van der Waals surface area contributed by atoms with Gasteiger partial charge in [-0.25, -0.2) is 13.1 Å². The van der Waals surface area contributed by atoms with Crippen molar-refractivity contribution in [2.45, 2.75) is 22.6 Å². The summed E-state index contributed by atoms with van der Waals surface area (Å²) >= 11 is 1.58. The SMILES string of the molecule is COc1cc(CCC(=O)N2CCN(C)CC2)ccc1-c1ccc(C(=O)NS(=O)(=O)c2ccc(NCCSc3ccccc3)c([N+](=O)[O-])c2)cc1. The van der Waals surface area contributed by atoms with E-state index in [9.17, 15) is 28.1 Å². The van der Waals surface area contributed by atoms with E-state index < -0.39 is 31.4 Å². The van der Waals surface area contributed by atoms with E-state index in [4.69, 9.17) is 4.74 Å². The van der Waals surface area contributed by atoms with E-state index in [0.717, 1.165) is 53.8 Å². The molecule has 5 rings (SSSR count). The molecule has 50 heavy (non-hydrogen) atoms. The molecule has 4 aromatic carbocycles. The number of nitrogens with zero attached hydrogens (tertiary/aromatic N) is 3. The third-order valence-corrected chi connectivity index (χ3v) is 10.7. The second-order valence-corrected chi connectivity index (χ2v) is 14.6. The Kier molecular flexibility index (Phi) is 12.1. The van der Waals surface area contributed by atoms with Crippen molar-refractivity contribution in [1.82, 2.24) is 14.5 Å². The number of carbonyl (C=O) groups excluding carboxylic acids is 2. The summed E-state index contributed by atoms with van der Waals surface area (Å²) in [5, 5.41) is 14.8. The number of nitrogens with one attached hydrogen (secondary N) is 2. The number of thioether (sulfide) groups is 1. The number of anilines is 1. The Morgan fingerprint density at radius 3 is 2.34 bits per heavy atom. The van der Waals surface area contributed by atoms with E-state index in [1.807, 2.05) is 65.2 Å². The Hall–Kier alpha value is -4.92. The summed E-state index contributed by atoms with van der Waals surface area (Å²) in [6.07, 6.45) is 0.980. The predicted molar refractivity (Wildman–Crippen MR) is 194 cm³/mol. The van der Waals surface area contributed by atoms with Crippen LogP contribution in [0, 0.1) is 10.1 Å². The highest BCUT2D eigenvalue weighted by Crippen LogP contribution is 2.32. The minimum absolute atomic E-state index is 0.0824. The summed E-state index contributed by atoms with van der Waals surface area (Å²) in [6, 6.07) is 25.2. The van der Waals surface area contributed by atoms with Crippen LogP contribution in [0.5, 0.6) is 5.75 Å². The summed E-state index contributed by atoms with van der Waals surface area (Å²) in [6.45, 7) is 3.63. The third kappa shape index (κ3) is 9.40. The van der Waals surface area contributed by atoms with E-state index in [2.05, 4.69) is 10.2 Å². The number of sulfonamides is 1. The molecule has 0 atom stereocenters. The maximum Gasteiger partial charge on any atom is 0.293 e. The van der Waals surface area contributed by atoms with Crippen LogP contribution in [0.4, 0.5) is 11.4 Å². The van der Waals surface area contributed by atoms with Gasteiger partial charge in [-0.3, -0.25) is 19.7 Å². The lowest BCUT2D eigenvalue weighted by Gasteiger charge is -2.32. The van der Waals surface area contributed by atoms with Crippen LogP contribution >= 0.6 is 11.8 Å². The number of rotatable bonds is 14. The van der Waals surface area contributed by atoms with Gasteiger partial charge in [0.1, 0.15) is 11.4 Å². The van der Waals surface area contributed by atoms with Crippen LogP contribution in [0.3, 0.4) is 0 Å². The van der Waals surface area contributed by atoms with Crippen LogP contribution in [0.2, 0.25) is 0 Å².